The van der Waals surface area contributed by atoms with Gasteiger partial charge in [0.25, 0.3) is 0 Å². The highest BCUT2D eigenvalue weighted by Gasteiger charge is 2.17. The van der Waals surface area contributed by atoms with E-state index in [1.54, 1.807) is 0 Å². The first-order valence-electron chi connectivity index (χ1n) is 6.73. The van der Waals surface area contributed by atoms with Gasteiger partial charge in [-0.1, -0.05) is 53.9 Å². The van der Waals surface area contributed by atoms with Crippen LogP contribution in [0.2, 0.25) is 0 Å². The standard InChI is InChI=1S/C14H31N/c1-6-8-9-10-13(15-11-7-2)12-14(3,4)5/h13,15H,6-12H2,1-5H3. The largest absolute Gasteiger partial charge is 0.314 e. The molecule has 0 saturated heterocycles. The fraction of sp³-hybridized carbons (Fsp3) is 1.00. The van der Waals surface area contributed by atoms with Gasteiger partial charge in [0.15, 0.2) is 0 Å². The maximum absolute atomic E-state index is 3.68. The molecule has 0 aliphatic heterocycles. The van der Waals surface area contributed by atoms with Gasteiger partial charge in [0.1, 0.15) is 0 Å². The van der Waals surface area contributed by atoms with Crippen molar-refractivity contribution in [3.63, 3.8) is 0 Å². The quantitative estimate of drug-likeness (QED) is 0.590. The molecule has 0 aliphatic rings. The minimum Gasteiger partial charge on any atom is -0.314 e. The van der Waals surface area contributed by atoms with Gasteiger partial charge in [0, 0.05) is 6.04 Å². The van der Waals surface area contributed by atoms with Crippen LogP contribution in [0.1, 0.15) is 73.1 Å². The highest BCUT2D eigenvalue weighted by molar-refractivity contribution is 4.74. The summed E-state index contributed by atoms with van der Waals surface area (Å²) >= 11 is 0. The van der Waals surface area contributed by atoms with E-state index in [0.717, 1.165) is 6.04 Å². The molecule has 0 aromatic heterocycles. The van der Waals surface area contributed by atoms with Crippen molar-refractivity contribution in [3.05, 3.63) is 0 Å². The third-order valence-corrected chi connectivity index (χ3v) is 2.70. The first kappa shape index (κ1) is 15.0. The number of unbranched alkanes of at least 4 members (excludes halogenated alkanes) is 2. The lowest BCUT2D eigenvalue weighted by atomic mass is 9.86. The molecular formula is C14H31N. The number of rotatable bonds is 8. The van der Waals surface area contributed by atoms with Gasteiger partial charge >= 0.3 is 0 Å². The Hall–Kier alpha value is -0.0400. The Morgan fingerprint density at radius 3 is 2.13 bits per heavy atom. The van der Waals surface area contributed by atoms with Crippen LogP contribution in [0.4, 0.5) is 0 Å². The Morgan fingerprint density at radius 1 is 1.00 bits per heavy atom. The van der Waals surface area contributed by atoms with Crippen LogP contribution in [-0.4, -0.2) is 12.6 Å². The molecule has 0 rings (SSSR count). The summed E-state index contributed by atoms with van der Waals surface area (Å²) in [7, 11) is 0. The van der Waals surface area contributed by atoms with E-state index in [1.165, 1.54) is 45.1 Å². The van der Waals surface area contributed by atoms with Crippen molar-refractivity contribution in [2.45, 2.75) is 79.2 Å². The van der Waals surface area contributed by atoms with E-state index in [4.69, 9.17) is 0 Å². The van der Waals surface area contributed by atoms with E-state index in [-0.39, 0.29) is 0 Å². The van der Waals surface area contributed by atoms with E-state index < -0.39 is 0 Å². The van der Waals surface area contributed by atoms with Crippen LogP contribution < -0.4 is 5.32 Å². The second-order valence-electron chi connectivity index (χ2n) is 5.91. The predicted molar refractivity (Wildman–Crippen MR) is 70.3 cm³/mol. The van der Waals surface area contributed by atoms with E-state index in [0.29, 0.717) is 5.41 Å². The van der Waals surface area contributed by atoms with Gasteiger partial charge in [-0.05, 0) is 31.2 Å². The monoisotopic (exact) mass is 213 g/mol. The summed E-state index contributed by atoms with van der Waals surface area (Å²) in [6, 6.07) is 0.733. The molecule has 1 N–H and O–H groups in total. The summed E-state index contributed by atoms with van der Waals surface area (Å²) < 4.78 is 0. The van der Waals surface area contributed by atoms with Crippen molar-refractivity contribution in [3.8, 4) is 0 Å². The zero-order chi connectivity index (χ0) is 11.7. The normalized spacial score (nSPS) is 14.2. The lowest BCUT2D eigenvalue weighted by Gasteiger charge is -2.27. The number of hydrogen-bond acceptors (Lipinski definition) is 1. The molecule has 1 heteroatoms. The van der Waals surface area contributed by atoms with Crippen LogP contribution in [0.15, 0.2) is 0 Å². The first-order valence-corrected chi connectivity index (χ1v) is 6.73. The highest BCUT2D eigenvalue weighted by Crippen LogP contribution is 2.23. The molecular weight excluding hydrogens is 182 g/mol. The van der Waals surface area contributed by atoms with E-state index >= 15 is 0 Å². The van der Waals surface area contributed by atoms with Crippen molar-refractivity contribution < 1.29 is 0 Å². The summed E-state index contributed by atoms with van der Waals surface area (Å²) in [4.78, 5) is 0. The van der Waals surface area contributed by atoms with Crippen LogP contribution >= 0.6 is 0 Å². The van der Waals surface area contributed by atoms with Crippen LogP contribution in [0.25, 0.3) is 0 Å². The number of hydrogen-bond donors (Lipinski definition) is 1. The van der Waals surface area contributed by atoms with Crippen molar-refractivity contribution in [1.82, 2.24) is 5.32 Å². The Balaban J connectivity index is 3.84. The first-order chi connectivity index (χ1) is 6.99. The third kappa shape index (κ3) is 10.2. The summed E-state index contributed by atoms with van der Waals surface area (Å²) in [5.74, 6) is 0. The van der Waals surface area contributed by atoms with Crippen molar-refractivity contribution >= 4 is 0 Å². The lowest BCUT2D eigenvalue weighted by Crippen LogP contribution is -2.33. The molecule has 0 spiro atoms. The summed E-state index contributed by atoms with van der Waals surface area (Å²) in [6.07, 6.45) is 7.99. The van der Waals surface area contributed by atoms with E-state index in [2.05, 4.69) is 39.9 Å². The minimum atomic E-state index is 0.456. The van der Waals surface area contributed by atoms with Gasteiger partial charge in [0.2, 0.25) is 0 Å². The molecule has 92 valence electrons. The molecule has 15 heavy (non-hydrogen) atoms. The van der Waals surface area contributed by atoms with Gasteiger partial charge in [0.05, 0.1) is 0 Å². The van der Waals surface area contributed by atoms with E-state index in [1.807, 2.05) is 0 Å². The topological polar surface area (TPSA) is 12.0 Å². The Labute approximate surface area is 97.0 Å². The maximum atomic E-state index is 3.68. The fourth-order valence-electron chi connectivity index (χ4n) is 2.00. The predicted octanol–water partition coefficient (Wildman–Crippen LogP) is 4.37. The molecule has 1 unspecified atom stereocenters. The molecule has 1 atom stereocenters. The van der Waals surface area contributed by atoms with E-state index in [9.17, 15) is 0 Å². The van der Waals surface area contributed by atoms with Crippen molar-refractivity contribution in [2.75, 3.05) is 6.54 Å². The summed E-state index contributed by atoms with van der Waals surface area (Å²) in [5, 5.41) is 3.68. The van der Waals surface area contributed by atoms with Gasteiger partial charge in [-0.15, -0.1) is 0 Å². The zero-order valence-electron chi connectivity index (χ0n) is 11.5. The summed E-state index contributed by atoms with van der Waals surface area (Å²) in [6.45, 7) is 12.7. The molecule has 0 aliphatic carbocycles. The molecule has 0 saturated carbocycles. The van der Waals surface area contributed by atoms with Crippen LogP contribution in [0.3, 0.4) is 0 Å². The average molecular weight is 213 g/mol. The molecule has 0 fully saturated rings. The van der Waals surface area contributed by atoms with Crippen molar-refractivity contribution in [2.24, 2.45) is 5.41 Å². The molecule has 1 nitrogen and oxygen atoms in total. The Bertz CT molecular complexity index is 135. The minimum absolute atomic E-state index is 0.456. The highest BCUT2D eigenvalue weighted by atomic mass is 14.9. The van der Waals surface area contributed by atoms with Crippen molar-refractivity contribution in [1.29, 1.82) is 0 Å². The molecule has 0 heterocycles. The Morgan fingerprint density at radius 2 is 1.67 bits per heavy atom. The SMILES string of the molecule is CCCCCC(CC(C)(C)C)NCCC. The van der Waals surface area contributed by atoms with Gasteiger partial charge in [-0.25, -0.2) is 0 Å². The Kier molecular flexibility index (Phi) is 8.13. The average Bonchev–Trinajstić information content (AvgIpc) is 2.12. The summed E-state index contributed by atoms with van der Waals surface area (Å²) in [5.41, 5.74) is 0.456. The molecule has 0 amide bonds. The van der Waals surface area contributed by atoms with Crippen LogP contribution in [-0.2, 0) is 0 Å². The van der Waals surface area contributed by atoms with Gasteiger partial charge in [-0.2, -0.15) is 0 Å². The number of nitrogens with one attached hydrogen (secondary N) is 1. The van der Waals surface area contributed by atoms with Gasteiger partial charge < -0.3 is 5.32 Å². The second kappa shape index (κ2) is 8.15. The maximum Gasteiger partial charge on any atom is 0.00720 e. The molecule has 0 aromatic rings. The smallest absolute Gasteiger partial charge is 0.00720 e. The molecule has 0 bridgehead atoms. The van der Waals surface area contributed by atoms with Gasteiger partial charge in [-0.3, -0.25) is 0 Å². The lowest BCUT2D eigenvalue weighted by molar-refractivity contribution is 0.294. The molecule has 0 aromatic carbocycles. The second-order valence-corrected chi connectivity index (χ2v) is 5.91. The van der Waals surface area contributed by atoms with Crippen LogP contribution in [0.5, 0.6) is 0 Å². The van der Waals surface area contributed by atoms with Crippen LogP contribution in [0, 0.1) is 5.41 Å². The zero-order valence-corrected chi connectivity index (χ0v) is 11.5. The third-order valence-electron chi connectivity index (χ3n) is 2.70. The fourth-order valence-corrected chi connectivity index (χ4v) is 2.00. The molecule has 0 radical (unpaired) electrons.